The van der Waals surface area contributed by atoms with Crippen molar-refractivity contribution in [2.24, 2.45) is 0 Å². The van der Waals surface area contributed by atoms with Crippen molar-refractivity contribution in [1.82, 2.24) is 0 Å². The summed E-state index contributed by atoms with van der Waals surface area (Å²) in [5.74, 6) is -0.546. The third kappa shape index (κ3) is 3.20. The highest BCUT2D eigenvalue weighted by molar-refractivity contribution is 9.10. The van der Waals surface area contributed by atoms with Crippen LogP contribution in [0.2, 0.25) is 5.02 Å². The average Bonchev–Trinajstić information content (AvgIpc) is 2.90. The number of nitrogens with one attached hydrogen (secondary N) is 1. The third-order valence-electron chi connectivity index (χ3n) is 3.06. The van der Waals surface area contributed by atoms with E-state index in [1.807, 2.05) is 0 Å². The van der Waals surface area contributed by atoms with Gasteiger partial charge in [0.1, 0.15) is 0 Å². The maximum atomic E-state index is 12.2. The largest absolute Gasteiger partial charge is 0.444 e. The fourth-order valence-corrected chi connectivity index (χ4v) is 2.76. The Morgan fingerprint density at radius 3 is 2.74 bits per heavy atom. The molecule has 2 aromatic carbocycles. The molecule has 3 rings (SSSR count). The van der Waals surface area contributed by atoms with Crippen LogP contribution >= 0.6 is 27.5 Å². The highest BCUT2D eigenvalue weighted by Gasteiger charge is 2.21. The number of furan rings is 1. The lowest BCUT2D eigenvalue weighted by Crippen LogP contribution is -2.10. The van der Waals surface area contributed by atoms with E-state index in [1.54, 1.807) is 30.3 Å². The molecule has 23 heavy (non-hydrogen) atoms. The minimum Gasteiger partial charge on any atom is -0.444 e. The lowest BCUT2D eigenvalue weighted by molar-refractivity contribution is -0.383. The smallest absolute Gasteiger partial charge is 0.313 e. The topological polar surface area (TPSA) is 85.4 Å². The first-order valence-corrected chi connectivity index (χ1v) is 7.55. The van der Waals surface area contributed by atoms with Crippen molar-refractivity contribution in [3.63, 3.8) is 0 Å². The van der Waals surface area contributed by atoms with Gasteiger partial charge in [-0.2, -0.15) is 0 Å². The van der Waals surface area contributed by atoms with Crippen LogP contribution in [0.4, 0.5) is 11.4 Å². The van der Waals surface area contributed by atoms with Gasteiger partial charge in [0.15, 0.2) is 5.76 Å². The van der Waals surface area contributed by atoms with Crippen LogP contribution in [0.25, 0.3) is 11.0 Å². The van der Waals surface area contributed by atoms with Crippen LogP contribution in [0.3, 0.4) is 0 Å². The zero-order valence-corrected chi connectivity index (χ0v) is 13.7. The predicted molar refractivity (Wildman–Crippen MR) is 90.0 cm³/mol. The van der Waals surface area contributed by atoms with Crippen molar-refractivity contribution >= 4 is 55.8 Å². The number of halogens is 2. The van der Waals surface area contributed by atoms with Crippen molar-refractivity contribution < 1.29 is 14.1 Å². The van der Waals surface area contributed by atoms with Gasteiger partial charge >= 0.3 is 5.69 Å². The minimum atomic E-state index is -0.560. The van der Waals surface area contributed by atoms with E-state index in [2.05, 4.69) is 21.2 Å². The molecule has 6 nitrogen and oxygen atoms in total. The molecule has 3 aromatic rings. The van der Waals surface area contributed by atoms with Gasteiger partial charge in [0.25, 0.3) is 5.91 Å². The summed E-state index contributed by atoms with van der Waals surface area (Å²) in [7, 11) is 0. The molecular weight excluding hydrogens is 388 g/mol. The maximum absolute atomic E-state index is 12.2. The van der Waals surface area contributed by atoms with Crippen LogP contribution in [0.1, 0.15) is 10.6 Å². The summed E-state index contributed by atoms with van der Waals surface area (Å²) in [6.07, 6.45) is 0. The molecule has 0 saturated heterocycles. The SMILES string of the molecule is O=C(Nc1cccc(Cl)c1)c1cc2cc(Br)cc([N+](=O)[O-])c2o1. The van der Waals surface area contributed by atoms with E-state index in [0.717, 1.165) is 0 Å². The summed E-state index contributed by atoms with van der Waals surface area (Å²) in [5, 5.41) is 14.6. The normalized spacial score (nSPS) is 10.7. The number of amides is 1. The molecule has 0 bridgehead atoms. The zero-order chi connectivity index (χ0) is 16.6. The summed E-state index contributed by atoms with van der Waals surface area (Å²) < 4.78 is 5.90. The van der Waals surface area contributed by atoms with Crippen LogP contribution in [-0.2, 0) is 0 Å². The maximum Gasteiger partial charge on any atom is 0.313 e. The fourth-order valence-electron chi connectivity index (χ4n) is 2.11. The quantitative estimate of drug-likeness (QED) is 0.499. The van der Waals surface area contributed by atoms with Crippen LogP contribution in [0.5, 0.6) is 0 Å². The van der Waals surface area contributed by atoms with E-state index in [4.69, 9.17) is 16.0 Å². The standard InChI is InChI=1S/C15H8BrClN2O4/c16-9-4-8-5-13(23-14(8)12(6-9)19(21)22)15(20)18-11-3-1-2-10(17)7-11/h1-7H,(H,18,20). The highest BCUT2D eigenvalue weighted by atomic mass is 79.9. The van der Waals surface area contributed by atoms with E-state index in [-0.39, 0.29) is 17.0 Å². The average molecular weight is 396 g/mol. The molecule has 1 aromatic heterocycles. The number of carbonyl (C=O) groups excluding carboxylic acids is 1. The van der Waals surface area contributed by atoms with Gasteiger partial charge in [0.2, 0.25) is 5.58 Å². The van der Waals surface area contributed by atoms with Crippen molar-refractivity contribution in [2.45, 2.75) is 0 Å². The van der Waals surface area contributed by atoms with Gasteiger partial charge in [-0.1, -0.05) is 33.6 Å². The predicted octanol–water partition coefficient (Wildman–Crippen LogP) is 5.01. The Kier molecular flexibility index (Phi) is 4.06. The Morgan fingerprint density at radius 2 is 2.04 bits per heavy atom. The first-order valence-electron chi connectivity index (χ1n) is 6.38. The molecule has 0 radical (unpaired) electrons. The summed E-state index contributed by atoms with van der Waals surface area (Å²) in [6.45, 7) is 0. The fraction of sp³-hybridized carbons (Fsp3) is 0. The first-order chi connectivity index (χ1) is 10.9. The number of rotatable bonds is 3. The minimum absolute atomic E-state index is 0.0267. The van der Waals surface area contributed by atoms with Crippen molar-refractivity contribution in [3.05, 3.63) is 67.8 Å². The molecule has 0 aliphatic rings. The molecule has 0 aliphatic carbocycles. The molecule has 1 amide bonds. The summed E-state index contributed by atoms with van der Waals surface area (Å²) in [4.78, 5) is 22.8. The molecule has 0 fully saturated rings. The number of benzene rings is 2. The second-order valence-corrected chi connectivity index (χ2v) is 6.03. The molecule has 0 spiro atoms. The number of fused-ring (bicyclic) bond motifs is 1. The Labute approximate surface area is 143 Å². The van der Waals surface area contributed by atoms with Gasteiger partial charge in [-0.15, -0.1) is 0 Å². The van der Waals surface area contributed by atoms with Gasteiger partial charge < -0.3 is 9.73 Å². The summed E-state index contributed by atoms with van der Waals surface area (Å²) in [5.41, 5.74) is 0.337. The third-order valence-corrected chi connectivity index (χ3v) is 3.76. The number of hydrogen-bond acceptors (Lipinski definition) is 4. The number of non-ortho nitro benzene ring substituents is 1. The molecule has 0 aliphatic heterocycles. The Balaban J connectivity index is 1.98. The van der Waals surface area contributed by atoms with Gasteiger partial charge in [-0.25, -0.2) is 0 Å². The molecule has 116 valence electrons. The van der Waals surface area contributed by atoms with Crippen molar-refractivity contribution in [3.8, 4) is 0 Å². The summed E-state index contributed by atoms with van der Waals surface area (Å²) in [6, 6.07) is 11.0. The lowest BCUT2D eigenvalue weighted by Gasteiger charge is -2.02. The molecule has 0 unspecified atom stereocenters. The zero-order valence-electron chi connectivity index (χ0n) is 11.4. The van der Waals surface area contributed by atoms with Crippen molar-refractivity contribution in [1.29, 1.82) is 0 Å². The van der Waals surface area contributed by atoms with E-state index in [0.29, 0.717) is 20.6 Å². The van der Waals surface area contributed by atoms with Gasteiger partial charge in [0, 0.05) is 26.6 Å². The molecule has 8 heteroatoms. The van der Waals surface area contributed by atoms with Gasteiger partial charge in [0.05, 0.1) is 4.92 Å². The lowest BCUT2D eigenvalue weighted by atomic mass is 10.2. The van der Waals surface area contributed by atoms with Gasteiger partial charge in [-0.3, -0.25) is 14.9 Å². The number of nitrogens with zero attached hydrogens (tertiary/aromatic N) is 1. The van der Waals surface area contributed by atoms with E-state index >= 15 is 0 Å². The number of nitro benzene ring substituents is 1. The number of anilines is 1. The second kappa shape index (κ2) is 6.02. The Bertz CT molecular complexity index is 938. The van der Waals surface area contributed by atoms with Crippen molar-refractivity contribution in [2.75, 3.05) is 5.32 Å². The van der Waals surface area contributed by atoms with E-state index in [9.17, 15) is 14.9 Å². The Morgan fingerprint density at radius 1 is 1.26 bits per heavy atom. The summed E-state index contributed by atoms with van der Waals surface area (Å²) >= 11 is 9.05. The second-order valence-electron chi connectivity index (χ2n) is 4.68. The molecule has 1 heterocycles. The highest BCUT2D eigenvalue weighted by Crippen LogP contribution is 2.32. The van der Waals surface area contributed by atoms with E-state index < -0.39 is 10.8 Å². The first kappa shape index (κ1) is 15.5. The molecule has 0 atom stereocenters. The molecule has 0 saturated carbocycles. The number of nitro groups is 1. The van der Waals surface area contributed by atoms with Crippen LogP contribution < -0.4 is 5.32 Å². The van der Waals surface area contributed by atoms with Crippen LogP contribution in [0, 0.1) is 10.1 Å². The van der Waals surface area contributed by atoms with Crippen LogP contribution in [0.15, 0.2) is 51.4 Å². The molecular formula is C15H8BrClN2O4. The van der Waals surface area contributed by atoms with Gasteiger partial charge in [-0.05, 0) is 30.3 Å². The monoisotopic (exact) mass is 394 g/mol. The van der Waals surface area contributed by atoms with Crippen LogP contribution in [-0.4, -0.2) is 10.8 Å². The number of carbonyl (C=O) groups is 1. The number of hydrogen-bond donors (Lipinski definition) is 1. The molecule has 1 N–H and O–H groups in total. The Hall–Kier alpha value is -2.38. The van der Waals surface area contributed by atoms with E-state index in [1.165, 1.54) is 12.1 Å².